The molecule has 0 saturated carbocycles. The molecule has 3 rings (SSSR count). The number of amides is 2. The van der Waals surface area contributed by atoms with E-state index in [9.17, 15) is 19.5 Å². The summed E-state index contributed by atoms with van der Waals surface area (Å²) in [4.78, 5) is 36.5. The molecule has 66 heavy (non-hydrogen) atoms. The number of carbonyl (C=O) groups is 3. The first kappa shape index (κ1) is 56.5. The Balaban J connectivity index is 0.988. The number of carbonyl (C=O) groups excluding carboxylic acids is 2. The van der Waals surface area contributed by atoms with E-state index in [1.807, 2.05) is 24.3 Å². The Kier molecular flexibility index (Phi) is 33.5. The number of benzene rings is 2. The van der Waals surface area contributed by atoms with E-state index in [1.165, 1.54) is 0 Å². The number of hydrogen-bond acceptors (Lipinski definition) is 16. The number of carboxylic acid groups (broad SMARTS) is 1. The van der Waals surface area contributed by atoms with Crippen molar-refractivity contribution in [2.75, 3.05) is 172 Å². The highest BCUT2D eigenvalue weighted by Gasteiger charge is 2.29. The van der Waals surface area contributed by atoms with Gasteiger partial charge in [0.1, 0.15) is 12.6 Å². The molecule has 0 spiro atoms. The average Bonchev–Trinajstić information content (AvgIpc) is 3.64. The van der Waals surface area contributed by atoms with Crippen LogP contribution in [0.15, 0.2) is 48.5 Å². The molecule has 0 bridgehead atoms. The minimum Gasteiger partial charge on any atom is -0.480 e. The predicted molar refractivity (Wildman–Crippen MR) is 242 cm³/mol. The lowest BCUT2D eigenvalue weighted by molar-refractivity contribution is -0.142. The van der Waals surface area contributed by atoms with Gasteiger partial charge < -0.3 is 77.3 Å². The van der Waals surface area contributed by atoms with Gasteiger partial charge >= 0.3 is 12.1 Å². The Morgan fingerprint density at radius 1 is 0.515 bits per heavy atom. The Labute approximate surface area is 389 Å². The highest BCUT2D eigenvalue weighted by Crippen LogP contribution is 2.44. The SMILES string of the molecule is COCCOCCOCCOCCOCCOCCOCCOCCOCCOCCOCCOCCC(=O)N[C@H](CCCCNC(=O)OCC1c2ccccc2-c2ccccc21)C(=O)O. The van der Waals surface area contributed by atoms with Crippen LogP contribution in [0.3, 0.4) is 0 Å². The third-order valence-electron chi connectivity index (χ3n) is 9.79. The summed E-state index contributed by atoms with van der Waals surface area (Å²) in [6.45, 7) is 10.9. The Morgan fingerprint density at radius 2 is 0.879 bits per heavy atom. The summed E-state index contributed by atoms with van der Waals surface area (Å²) in [6.07, 6.45) is 0.734. The standard InChI is InChI=1S/C47H74N2O17/c1-54-16-17-56-20-21-58-24-25-60-28-29-62-32-33-64-36-37-65-35-34-63-31-30-61-27-26-59-23-22-57-19-18-55-15-13-45(50)49-44(46(51)52)12-6-7-14-48-47(53)66-38-43-41-10-4-2-8-39(41)40-9-3-5-11-42(40)43/h2-5,8-11,43-44H,6-7,12-38H2,1H3,(H,48,53)(H,49,50)(H,51,52)/t44-/m1/s1. The molecule has 1 aliphatic rings. The molecule has 2 aromatic carbocycles. The zero-order valence-electron chi connectivity index (χ0n) is 38.8. The van der Waals surface area contributed by atoms with Gasteiger partial charge in [-0.05, 0) is 41.5 Å². The minimum atomic E-state index is -1.12. The number of rotatable bonds is 45. The molecule has 0 aromatic heterocycles. The second-order valence-electron chi connectivity index (χ2n) is 14.7. The third-order valence-corrected chi connectivity index (χ3v) is 9.79. The molecule has 19 nitrogen and oxygen atoms in total. The van der Waals surface area contributed by atoms with Crippen molar-refractivity contribution in [2.24, 2.45) is 0 Å². The summed E-state index contributed by atoms with van der Waals surface area (Å²) in [5.41, 5.74) is 4.58. The molecule has 0 heterocycles. The molecule has 0 fully saturated rings. The Hall–Kier alpha value is -3.83. The van der Waals surface area contributed by atoms with Crippen LogP contribution in [0.1, 0.15) is 42.7 Å². The second kappa shape index (κ2) is 39.2. The van der Waals surface area contributed by atoms with Crippen molar-refractivity contribution in [3.8, 4) is 11.1 Å². The van der Waals surface area contributed by atoms with Crippen LogP contribution in [0.2, 0.25) is 0 Å². The van der Waals surface area contributed by atoms with Gasteiger partial charge in [0.2, 0.25) is 5.91 Å². The summed E-state index contributed by atoms with van der Waals surface area (Å²) in [5.74, 6) is -1.56. The fourth-order valence-corrected chi connectivity index (χ4v) is 6.45. The van der Waals surface area contributed by atoms with Gasteiger partial charge in [-0.15, -0.1) is 0 Å². The minimum absolute atomic E-state index is 0.0200. The lowest BCUT2D eigenvalue weighted by atomic mass is 9.98. The number of alkyl carbamates (subject to hydrolysis) is 1. The van der Waals surface area contributed by atoms with Crippen LogP contribution >= 0.6 is 0 Å². The van der Waals surface area contributed by atoms with Gasteiger partial charge in [0.25, 0.3) is 0 Å². The van der Waals surface area contributed by atoms with Gasteiger partial charge in [-0.2, -0.15) is 0 Å². The van der Waals surface area contributed by atoms with E-state index in [4.69, 9.17) is 61.6 Å². The number of fused-ring (bicyclic) bond motifs is 3. The van der Waals surface area contributed by atoms with Gasteiger partial charge in [0.15, 0.2) is 0 Å². The fourth-order valence-electron chi connectivity index (χ4n) is 6.45. The molecule has 1 atom stereocenters. The monoisotopic (exact) mass is 938 g/mol. The highest BCUT2D eigenvalue weighted by atomic mass is 16.6. The van der Waals surface area contributed by atoms with Crippen LogP contribution in [0, 0.1) is 0 Å². The highest BCUT2D eigenvalue weighted by molar-refractivity contribution is 5.83. The summed E-state index contributed by atoms with van der Waals surface area (Å²) in [6, 6.07) is 15.2. The van der Waals surface area contributed by atoms with Crippen LogP contribution < -0.4 is 10.6 Å². The zero-order valence-corrected chi connectivity index (χ0v) is 38.8. The molecule has 0 saturated heterocycles. The predicted octanol–water partition coefficient (Wildman–Crippen LogP) is 3.48. The summed E-state index contributed by atoms with van der Waals surface area (Å²) < 4.78 is 70.4. The normalized spacial score (nSPS) is 12.5. The smallest absolute Gasteiger partial charge is 0.407 e. The van der Waals surface area contributed by atoms with Crippen molar-refractivity contribution in [3.05, 3.63) is 59.7 Å². The Bertz CT molecular complexity index is 1490. The zero-order chi connectivity index (χ0) is 47.0. The number of unbranched alkanes of at least 4 members (excludes halogenated alkanes) is 1. The maximum Gasteiger partial charge on any atom is 0.407 e. The number of carboxylic acids is 1. The number of ether oxygens (including phenoxy) is 13. The van der Waals surface area contributed by atoms with E-state index in [0.29, 0.717) is 158 Å². The van der Waals surface area contributed by atoms with E-state index in [0.717, 1.165) is 22.3 Å². The van der Waals surface area contributed by atoms with Crippen LogP contribution in [0.25, 0.3) is 11.1 Å². The number of methoxy groups -OCH3 is 1. The van der Waals surface area contributed by atoms with Crippen LogP contribution in [0.5, 0.6) is 0 Å². The largest absolute Gasteiger partial charge is 0.480 e. The van der Waals surface area contributed by atoms with E-state index < -0.39 is 24.0 Å². The van der Waals surface area contributed by atoms with Gasteiger partial charge in [-0.25, -0.2) is 9.59 Å². The number of nitrogens with one attached hydrogen (secondary N) is 2. The van der Waals surface area contributed by atoms with Gasteiger partial charge in [-0.1, -0.05) is 48.5 Å². The average molecular weight is 939 g/mol. The molecular weight excluding hydrogens is 865 g/mol. The van der Waals surface area contributed by atoms with Crippen molar-refractivity contribution in [3.63, 3.8) is 0 Å². The molecule has 0 unspecified atom stereocenters. The van der Waals surface area contributed by atoms with E-state index in [-0.39, 0.29) is 38.6 Å². The summed E-state index contributed by atoms with van der Waals surface area (Å²) >= 11 is 0. The molecule has 2 amide bonds. The Morgan fingerprint density at radius 3 is 1.26 bits per heavy atom. The quantitative estimate of drug-likeness (QED) is 0.0811. The molecular formula is C47H74N2O17. The van der Waals surface area contributed by atoms with Gasteiger partial charge in [0, 0.05) is 26.0 Å². The third kappa shape index (κ3) is 27.1. The van der Waals surface area contributed by atoms with Crippen molar-refractivity contribution in [1.82, 2.24) is 10.6 Å². The molecule has 1 aliphatic carbocycles. The van der Waals surface area contributed by atoms with Crippen molar-refractivity contribution >= 4 is 18.0 Å². The topological polar surface area (TPSA) is 215 Å². The molecule has 3 N–H and O–H groups in total. The maximum atomic E-state index is 12.4. The first-order valence-electron chi connectivity index (χ1n) is 23.0. The molecule has 374 valence electrons. The molecule has 0 radical (unpaired) electrons. The maximum absolute atomic E-state index is 12.4. The van der Waals surface area contributed by atoms with Crippen molar-refractivity contribution in [2.45, 2.75) is 37.6 Å². The molecule has 19 heteroatoms. The van der Waals surface area contributed by atoms with Gasteiger partial charge in [-0.3, -0.25) is 4.79 Å². The number of hydrogen-bond donors (Lipinski definition) is 3. The van der Waals surface area contributed by atoms with Gasteiger partial charge in [0.05, 0.1) is 152 Å². The van der Waals surface area contributed by atoms with Crippen molar-refractivity contribution < 1.29 is 81.1 Å². The summed E-state index contributed by atoms with van der Waals surface area (Å²) in [7, 11) is 1.64. The lowest BCUT2D eigenvalue weighted by Crippen LogP contribution is -2.41. The fraction of sp³-hybridized carbons (Fsp3) is 0.681. The van der Waals surface area contributed by atoms with Crippen LogP contribution in [-0.4, -0.2) is 201 Å². The van der Waals surface area contributed by atoms with Crippen LogP contribution in [-0.2, 0) is 71.2 Å². The van der Waals surface area contributed by atoms with Crippen molar-refractivity contribution in [1.29, 1.82) is 0 Å². The second-order valence-corrected chi connectivity index (χ2v) is 14.7. The lowest BCUT2D eigenvalue weighted by Gasteiger charge is -2.15. The van der Waals surface area contributed by atoms with E-state index in [1.54, 1.807) is 7.11 Å². The summed E-state index contributed by atoms with van der Waals surface area (Å²) in [5, 5.41) is 14.9. The van der Waals surface area contributed by atoms with Crippen LogP contribution in [0.4, 0.5) is 4.79 Å². The first-order valence-corrected chi connectivity index (χ1v) is 23.0. The molecule has 2 aromatic rings. The number of aliphatic carboxylic acids is 1. The first-order chi connectivity index (χ1) is 32.5. The van der Waals surface area contributed by atoms with E-state index >= 15 is 0 Å². The van der Waals surface area contributed by atoms with E-state index in [2.05, 4.69) is 34.9 Å². The molecule has 0 aliphatic heterocycles.